The first kappa shape index (κ1) is 20.2. The highest BCUT2D eigenvalue weighted by Gasteiger charge is 2.10. The van der Waals surface area contributed by atoms with Crippen LogP contribution in [0.25, 0.3) is 10.9 Å². The van der Waals surface area contributed by atoms with Crippen molar-refractivity contribution in [3.63, 3.8) is 0 Å². The van der Waals surface area contributed by atoms with Crippen LogP contribution in [0.5, 0.6) is 5.75 Å². The Hall–Kier alpha value is -2.54. The number of carboxylic acid groups (broad SMARTS) is 1. The zero-order valence-corrected chi connectivity index (χ0v) is 16.1. The number of aromatic amines is 1. The van der Waals surface area contributed by atoms with Crippen LogP contribution in [0.15, 0.2) is 48.7 Å². The van der Waals surface area contributed by atoms with Crippen LogP contribution in [0.2, 0.25) is 5.02 Å². The fraction of sp³-hybridized carbons (Fsp3) is 0.286. The Morgan fingerprint density at radius 3 is 2.86 bits per heavy atom. The van der Waals surface area contributed by atoms with Crippen LogP contribution < -0.4 is 10.1 Å². The summed E-state index contributed by atoms with van der Waals surface area (Å²) in [5.74, 6) is -0.469. The number of ether oxygens (including phenoxy) is 1. The number of carboxylic acids is 1. The molecule has 1 atom stereocenters. The summed E-state index contributed by atoms with van der Waals surface area (Å²) in [6.07, 6.45) is 3.08. The number of para-hydroxylation sites is 1. The van der Waals surface area contributed by atoms with E-state index in [1.165, 1.54) is 0 Å². The minimum atomic E-state index is -1.00. The van der Waals surface area contributed by atoms with E-state index in [9.17, 15) is 9.90 Å². The van der Waals surface area contributed by atoms with Gasteiger partial charge in [0, 0.05) is 23.2 Å². The van der Waals surface area contributed by atoms with Crippen LogP contribution in [-0.4, -0.2) is 40.9 Å². The molecule has 148 valence electrons. The van der Waals surface area contributed by atoms with Crippen LogP contribution in [0.4, 0.5) is 0 Å². The Bertz CT molecular complexity index is 941. The molecule has 0 saturated carbocycles. The number of aliphatic hydroxyl groups excluding tert-OH is 1. The molecular formula is C21H23ClN2O4. The molecule has 0 aliphatic heterocycles. The largest absolute Gasteiger partial charge is 0.480 e. The lowest BCUT2D eigenvalue weighted by Gasteiger charge is -2.12. The minimum Gasteiger partial charge on any atom is -0.480 e. The van der Waals surface area contributed by atoms with Gasteiger partial charge in [-0.1, -0.05) is 35.9 Å². The molecule has 3 rings (SSSR count). The molecule has 0 aliphatic carbocycles. The molecule has 2 aromatic carbocycles. The number of aryl methyl sites for hydroxylation is 1. The molecule has 0 unspecified atom stereocenters. The van der Waals surface area contributed by atoms with Gasteiger partial charge in [0.15, 0.2) is 6.61 Å². The molecule has 0 amide bonds. The highest BCUT2D eigenvalue weighted by molar-refractivity contribution is 6.30. The Morgan fingerprint density at radius 1 is 1.25 bits per heavy atom. The first-order valence-corrected chi connectivity index (χ1v) is 9.50. The van der Waals surface area contributed by atoms with E-state index in [1.807, 2.05) is 30.5 Å². The number of aliphatic carboxylic acids is 1. The van der Waals surface area contributed by atoms with Gasteiger partial charge in [-0.05, 0) is 48.7 Å². The number of aliphatic hydroxyl groups is 1. The van der Waals surface area contributed by atoms with Crippen molar-refractivity contribution < 1.29 is 19.7 Å². The third kappa shape index (κ3) is 5.25. The molecule has 1 heterocycles. The van der Waals surface area contributed by atoms with Gasteiger partial charge in [-0.3, -0.25) is 0 Å². The fourth-order valence-electron chi connectivity index (χ4n) is 3.13. The van der Waals surface area contributed by atoms with E-state index in [-0.39, 0.29) is 6.61 Å². The van der Waals surface area contributed by atoms with E-state index in [0.717, 1.165) is 41.4 Å². The Labute approximate surface area is 168 Å². The Balaban J connectivity index is 1.49. The van der Waals surface area contributed by atoms with Crippen molar-refractivity contribution in [2.24, 2.45) is 0 Å². The zero-order chi connectivity index (χ0) is 19.9. The topological polar surface area (TPSA) is 94.6 Å². The zero-order valence-electron chi connectivity index (χ0n) is 15.3. The van der Waals surface area contributed by atoms with Gasteiger partial charge in [-0.25, -0.2) is 4.79 Å². The summed E-state index contributed by atoms with van der Waals surface area (Å²) < 4.78 is 5.33. The smallest absolute Gasteiger partial charge is 0.341 e. The number of hydrogen-bond donors (Lipinski definition) is 4. The average molecular weight is 403 g/mol. The number of hydrogen-bond acceptors (Lipinski definition) is 4. The number of nitrogens with one attached hydrogen (secondary N) is 2. The van der Waals surface area contributed by atoms with Gasteiger partial charge in [-0.2, -0.15) is 0 Å². The molecule has 28 heavy (non-hydrogen) atoms. The second kappa shape index (κ2) is 9.59. The number of H-pyrrole nitrogens is 1. The lowest BCUT2D eigenvalue weighted by atomic mass is 10.1. The average Bonchev–Trinajstić information content (AvgIpc) is 3.09. The molecule has 0 fully saturated rings. The van der Waals surface area contributed by atoms with Gasteiger partial charge >= 0.3 is 5.97 Å². The van der Waals surface area contributed by atoms with Crippen molar-refractivity contribution >= 4 is 28.5 Å². The molecule has 7 heteroatoms. The highest BCUT2D eigenvalue weighted by Crippen LogP contribution is 2.28. The van der Waals surface area contributed by atoms with Crippen LogP contribution in [0.3, 0.4) is 0 Å². The van der Waals surface area contributed by atoms with Gasteiger partial charge in [0.2, 0.25) is 0 Å². The first-order chi connectivity index (χ1) is 13.5. The molecule has 6 nitrogen and oxygen atoms in total. The molecule has 0 spiro atoms. The van der Waals surface area contributed by atoms with Crippen LogP contribution in [0.1, 0.15) is 23.7 Å². The maximum Gasteiger partial charge on any atom is 0.341 e. The molecule has 0 bridgehead atoms. The van der Waals surface area contributed by atoms with Gasteiger partial charge in [-0.15, -0.1) is 0 Å². The van der Waals surface area contributed by atoms with E-state index in [2.05, 4.69) is 10.3 Å². The summed E-state index contributed by atoms with van der Waals surface area (Å²) in [5, 5.41) is 23.9. The normalized spacial score (nSPS) is 12.2. The van der Waals surface area contributed by atoms with E-state index in [0.29, 0.717) is 17.3 Å². The van der Waals surface area contributed by atoms with Crippen LogP contribution in [-0.2, 0) is 11.2 Å². The molecule has 0 aliphatic rings. The maximum atomic E-state index is 10.7. The lowest BCUT2D eigenvalue weighted by Crippen LogP contribution is -2.22. The summed E-state index contributed by atoms with van der Waals surface area (Å²) in [5.41, 5.74) is 2.75. The Morgan fingerprint density at radius 2 is 2.07 bits per heavy atom. The molecule has 0 radical (unpaired) electrons. The summed E-state index contributed by atoms with van der Waals surface area (Å²) in [6.45, 7) is 0.854. The van der Waals surface area contributed by atoms with E-state index < -0.39 is 12.1 Å². The van der Waals surface area contributed by atoms with E-state index >= 15 is 0 Å². The van der Waals surface area contributed by atoms with Gasteiger partial charge in [0.25, 0.3) is 0 Å². The van der Waals surface area contributed by atoms with Crippen molar-refractivity contribution in [1.82, 2.24) is 10.3 Å². The SMILES string of the molecule is O=C(O)COc1cccc2c(CCCNC[C@H](O)c3cccc(Cl)c3)c[nH]c12. The molecule has 4 N–H and O–H groups in total. The monoisotopic (exact) mass is 402 g/mol. The predicted molar refractivity (Wildman–Crippen MR) is 109 cm³/mol. The number of rotatable bonds is 10. The third-order valence-corrected chi connectivity index (χ3v) is 4.72. The number of benzene rings is 2. The fourth-order valence-corrected chi connectivity index (χ4v) is 3.32. The summed E-state index contributed by atoms with van der Waals surface area (Å²) in [4.78, 5) is 13.9. The van der Waals surface area contributed by atoms with Crippen LogP contribution >= 0.6 is 11.6 Å². The number of fused-ring (bicyclic) bond motifs is 1. The first-order valence-electron chi connectivity index (χ1n) is 9.12. The van der Waals surface area contributed by atoms with Gasteiger partial charge < -0.3 is 25.3 Å². The highest BCUT2D eigenvalue weighted by atomic mass is 35.5. The molecule has 3 aromatic rings. The second-order valence-corrected chi connectivity index (χ2v) is 6.99. The summed E-state index contributed by atoms with van der Waals surface area (Å²) >= 11 is 5.95. The van der Waals surface area contributed by atoms with Crippen molar-refractivity contribution in [2.45, 2.75) is 18.9 Å². The summed E-state index contributed by atoms with van der Waals surface area (Å²) in [6, 6.07) is 12.8. The molecule has 0 saturated heterocycles. The van der Waals surface area contributed by atoms with E-state index in [1.54, 1.807) is 18.2 Å². The van der Waals surface area contributed by atoms with Crippen molar-refractivity contribution in [2.75, 3.05) is 19.7 Å². The van der Waals surface area contributed by atoms with E-state index in [4.69, 9.17) is 21.4 Å². The summed E-state index contributed by atoms with van der Waals surface area (Å²) in [7, 11) is 0. The predicted octanol–water partition coefficient (Wildman–Crippen LogP) is 3.54. The minimum absolute atomic E-state index is 0.369. The number of aromatic nitrogens is 1. The number of carbonyl (C=O) groups is 1. The van der Waals surface area contributed by atoms with Crippen molar-refractivity contribution in [3.8, 4) is 5.75 Å². The number of halogens is 1. The third-order valence-electron chi connectivity index (χ3n) is 4.48. The molecular weight excluding hydrogens is 380 g/mol. The maximum absolute atomic E-state index is 10.7. The van der Waals surface area contributed by atoms with Crippen LogP contribution in [0, 0.1) is 0 Å². The Kier molecular flexibility index (Phi) is 6.92. The molecule has 1 aromatic heterocycles. The van der Waals surface area contributed by atoms with Crippen molar-refractivity contribution in [1.29, 1.82) is 0 Å². The lowest BCUT2D eigenvalue weighted by molar-refractivity contribution is -0.139. The quantitative estimate of drug-likeness (QED) is 0.389. The van der Waals surface area contributed by atoms with Gasteiger partial charge in [0.05, 0.1) is 11.6 Å². The van der Waals surface area contributed by atoms with Gasteiger partial charge in [0.1, 0.15) is 5.75 Å². The van der Waals surface area contributed by atoms with Crippen molar-refractivity contribution in [3.05, 3.63) is 64.8 Å². The second-order valence-electron chi connectivity index (χ2n) is 6.55. The standard InChI is InChI=1S/C21H23ClN2O4/c22-16-6-1-4-14(10-16)18(25)12-23-9-3-5-15-11-24-21-17(15)7-2-8-19(21)28-13-20(26)27/h1-2,4,6-8,10-11,18,23-25H,3,5,9,12-13H2,(H,26,27)/t18-/m0/s1.